The Morgan fingerprint density at radius 3 is 2.63 bits per heavy atom. The van der Waals surface area contributed by atoms with Crippen molar-refractivity contribution in [2.75, 3.05) is 27.2 Å². The standard InChI is InChI=1S/C20H21FN2O3S/c1-22(2)10-6-11-23-17(13-7-3-4-8-14(13)21)16(19(25)20(23)26)18(24)15-9-5-12-27-15/h3-5,7-9,12,17,25H,6,10-11H2,1-2H3. The van der Waals surface area contributed by atoms with Crippen molar-refractivity contribution in [3.63, 3.8) is 0 Å². The number of aliphatic hydroxyl groups is 1. The van der Waals surface area contributed by atoms with Gasteiger partial charge in [-0.05, 0) is 44.6 Å². The van der Waals surface area contributed by atoms with E-state index < -0.39 is 29.3 Å². The lowest BCUT2D eigenvalue weighted by molar-refractivity contribution is -0.129. The van der Waals surface area contributed by atoms with Crippen molar-refractivity contribution in [1.82, 2.24) is 9.80 Å². The van der Waals surface area contributed by atoms with Crippen LogP contribution in [0.25, 0.3) is 0 Å². The number of Topliss-reactive ketones (excluding diaryl/α,β-unsaturated/α-hetero) is 1. The number of rotatable bonds is 7. The van der Waals surface area contributed by atoms with E-state index in [0.29, 0.717) is 17.8 Å². The Hall–Kier alpha value is -2.51. The van der Waals surface area contributed by atoms with E-state index in [1.807, 2.05) is 19.0 Å². The smallest absolute Gasteiger partial charge is 0.290 e. The topological polar surface area (TPSA) is 60.9 Å². The molecular formula is C20H21FN2O3S. The van der Waals surface area contributed by atoms with Crippen LogP contribution in [0.5, 0.6) is 0 Å². The van der Waals surface area contributed by atoms with Crippen LogP contribution in [0.15, 0.2) is 53.1 Å². The number of halogens is 1. The molecule has 2 aromatic rings. The number of thiophene rings is 1. The van der Waals surface area contributed by atoms with Crippen molar-refractivity contribution >= 4 is 23.0 Å². The number of nitrogens with zero attached hydrogens (tertiary/aromatic N) is 2. The molecule has 7 heteroatoms. The summed E-state index contributed by atoms with van der Waals surface area (Å²) in [6.07, 6.45) is 0.636. The molecule has 1 aromatic carbocycles. The average molecular weight is 388 g/mol. The normalized spacial score (nSPS) is 17.3. The number of carbonyl (C=O) groups excluding carboxylic acids is 2. The summed E-state index contributed by atoms with van der Waals surface area (Å²) in [5, 5.41) is 12.2. The zero-order valence-electron chi connectivity index (χ0n) is 15.2. The third kappa shape index (κ3) is 3.79. The van der Waals surface area contributed by atoms with Crippen LogP contribution < -0.4 is 0 Å². The van der Waals surface area contributed by atoms with Gasteiger partial charge in [0.1, 0.15) is 5.82 Å². The molecule has 0 fully saturated rings. The monoisotopic (exact) mass is 388 g/mol. The third-order valence-electron chi connectivity index (χ3n) is 4.50. The number of amides is 1. The highest BCUT2D eigenvalue weighted by Gasteiger charge is 2.44. The van der Waals surface area contributed by atoms with Gasteiger partial charge in [0.25, 0.3) is 5.91 Å². The Kier molecular flexibility index (Phi) is 5.72. The molecule has 0 aliphatic carbocycles. The first kappa shape index (κ1) is 19.3. The first-order chi connectivity index (χ1) is 12.9. The minimum absolute atomic E-state index is 0.0580. The molecule has 27 heavy (non-hydrogen) atoms. The molecule has 142 valence electrons. The maximum atomic E-state index is 14.5. The molecular weight excluding hydrogens is 367 g/mol. The highest BCUT2D eigenvalue weighted by atomic mass is 32.1. The predicted octanol–water partition coefficient (Wildman–Crippen LogP) is 3.42. The van der Waals surface area contributed by atoms with Gasteiger partial charge in [0.2, 0.25) is 5.78 Å². The Bertz CT molecular complexity index is 877. The Morgan fingerprint density at radius 1 is 1.26 bits per heavy atom. The third-order valence-corrected chi connectivity index (χ3v) is 5.37. The summed E-state index contributed by atoms with van der Waals surface area (Å²) in [5.41, 5.74) is 0.150. The number of benzene rings is 1. The summed E-state index contributed by atoms with van der Waals surface area (Å²) in [6, 6.07) is 8.46. The number of hydrogen-bond donors (Lipinski definition) is 1. The second kappa shape index (κ2) is 8.02. The van der Waals surface area contributed by atoms with E-state index in [4.69, 9.17) is 0 Å². The summed E-state index contributed by atoms with van der Waals surface area (Å²) in [5.74, 6) is -2.19. The van der Waals surface area contributed by atoms with E-state index in [2.05, 4.69) is 0 Å². The van der Waals surface area contributed by atoms with Crippen molar-refractivity contribution in [1.29, 1.82) is 0 Å². The van der Waals surface area contributed by atoms with Gasteiger partial charge in [-0.25, -0.2) is 4.39 Å². The van der Waals surface area contributed by atoms with Crippen LogP contribution in [0, 0.1) is 5.82 Å². The summed E-state index contributed by atoms with van der Waals surface area (Å²) < 4.78 is 14.5. The minimum Gasteiger partial charge on any atom is -0.503 e. The van der Waals surface area contributed by atoms with Gasteiger partial charge in [-0.15, -0.1) is 11.3 Å². The number of aliphatic hydroxyl groups excluding tert-OH is 1. The van der Waals surface area contributed by atoms with Gasteiger partial charge < -0.3 is 14.9 Å². The molecule has 0 saturated heterocycles. The molecule has 1 atom stereocenters. The van der Waals surface area contributed by atoms with Gasteiger partial charge >= 0.3 is 0 Å². The maximum Gasteiger partial charge on any atom is 0.290 e. The van der Waals surface area contributed by atoms with E-state index >= 15 is 0 Å². The summed E-state index contributed by atoms with van der Waals surface area (Å²) in [7, 11) is 3.84. The van der Waals surface area contributed by atoms with Gasteiger partial charge in [0, 0.05) is 12.1 Å². The molecule has 0 bridgehead atoms. The molecule has 1 N–H and O–H groups in total. The lowest BCUT2D eigenvalue weighted by atomic mass is 9.95. The van der Waals surface area contributed by atoms with Crippen molar-refractivity contribution in [3.05, 3.63) is 69.4 Å². The first-order valence-corrected chi connectivity index (χ1v) is 9.51. The van der Waals surface area contributed by atoms with E-state index in [1.165, 1.54) is 22.3 Å². The molecule has 1 aliphatic rings. The van der Waals surface area contributed by atoms with Gasteiger partial charge in [-0.1, -0.05) is 24.3 Å². The summed E-state index contributed by atoms with van der Waals surface area (Å²) >= 11 is 1.22. The molecule has 0 spiro atoms. The van der Waals surface area contributed by atoms with Crippen LogP contribution in [0.2, 0.25) is 0 Å². The van der Waals surface area contributed by atoms with E-state index in [1.54, 1.807) is 35.7 Å². The fourth-order valence-electron chi connectivity index (χ4n) is 3.23. The molecule has 1 aromatic heterocycles. The van der Waals surface area contributed by atoms with Crippen molar-refractivity contribution in [2.45, 2.75) is 12.5 Å². The molecule has 1 unspecified atom stereocenters. The SMILES string of the molecule is CN(C)CCCN1C(=O)C(O)=C(C(=O)c2cccs2)C1c1ccccc1F. The average Bonchev–Trinajstić information content (AvgIpc) is 3.24. The number of hydrogen-bond acceptors (Lipinski definition) is 5. The largest absolute Gasteiger partial charge is 0.503 e. The van der Waals surface area contributed by atoms with Crippen molar-refractivity contribution in [3.8, 4) is 0 Å². The number of ketones is 1. The predicted molar refractivity (Wildman–Crippen MR) is 102 cm³/mol. The highest BCUT2D eigenvalue weighted by molar-refractivity contribution is 7.12. The molecule has 0 radical (unpaired) electrons. The van der Waals surface area contributed by atoms with Crippen LogP contribution in [0.1, 0.15) is 27.7 Å². The van der Waals surface area contributed by atoms with Crippen LogP contribution in [-0.4, -0.2) is 53.8 Å². The Morgan fingerprint density at radius 2 is 2.00 bits per heavy atom. The molecule has 0 saturated carbocycles. The number of carbonyl (C=O) groups is 2. The Labute approximate surface area is 161 Å². The molecule has 3 rings (SSSR count). The van der Waals surface area contributed by atoms with E-state index in [9.17, 15) is 19.1 Å². The summed E-state index contributed by atoms with van der Waals surface area (Å²) in [4.78, 5) is 29.4. The first-order valence-electron chi connectivity index (χ1n) is 8.63. The van der Waals surface area contributed by atoms with Crippen LogP contribution in [-0.2, 0) is 4.79 Å². The zero-order chi connectivity index (χ0) is 19.6. The van der Waals surface area contributed by atoms with Crippen molar-refractivity contribution < 1.29 is 19.1 Å². The lowest BCUT2D eigenvalue weighted by Crippen LogP contribution is -2.34. The molecule has 1 aliphatic heterocycles. The lowest BCUT2D eigenvalue weighted by Gasteiger charge is -2.27. The second-order valence-electron chi connectivity index (χ2n) is 6.65. The van der Waals surface area contributed by atoms with Crippen LogP contribution in [0.4, 0.5) is 4.39 Å². The quantitative estimate of drug-likeness (QED) is 0.739. The van der Waals surface area contributed by atoms with E-state index in [-0.39, 0.29) is 11.1 Å². The zero-order valence-corrected chi connectivity index (χ0v) is 16.0. The summed E-state index contributed by atoms with van der Waals surface area (Å²) in [6.45, 7) is 1.03. The molecule has 5 nitrogen and oxygen atoms in total. The minimum atomic E-state index is -0.935. The second-order valence-corrected chi connectivity index (χ2v) is 7.60. The van der Waals surface area contributed by atoms with Gasteiger partial charge in [-0.3, -0.25) is 9.59 Å². The molecule has 2 heterocycles. The van der Waals surface area contributed by atoms with Crippen molar-refractivity contribution in [2.24, 2.45) is 0 Å². The van der Waals surface area contributed by atoms with Gasteiger partial charge in [0.15, 0.2) is 5.76 Å². The fourth-order valence-corrected chi connectivity index (χ4v) is 3.91. The Balaban J connectivity index is 2.02. The van der Waals surface area contributed by atoms with Crippen LogP contribution >= 0.6 is 11.3 Å². The maximum absolute atomic E-state index is 14.5. The van der Waals surface area contributed by atoms with E-state index in [0.717, 1.165) is 6.54 Å². The van der Waals surface area contributed by atoms with Gasteiger partial charge in [0.05, 0.1) is 16.5 Å². The van der Waals surface area contributed by atoms with Gasteiger partial charge in [-0.2, -0.15) is 0 Å². The highest BCUT2D eigenvalue weighted by Crippen LogP contribution is 2.40. The molecule has 1 amide bonds. The van der Waals surface area contributed by atoms with Crippen LogP contribution in [0.3, 0.4) is 0 Å². The fraction of sp³-hybridized carbons (Fsp3) is 0.300.